The maximum absolute atomic E-state index is 13.9. The molecule has 178 valence electrons. The third kappa shape index (κ3) is 3.90. The summed E-state index contributed by atoms with van der Waals surface area (Å²) >= 11 is 7.68. The monoisotopic (exact) mass is 505 g/mol. The van der Waals surface area contributed by atoms with Crippen LogP contribution in [0.4, 0.5) is 5.82 Å². The molecule has 1 saturated carbocycles. The predicted molar refractivity (Wildman–Crippen MR) is 138 cm³/mol. The van der Waals surface area contributed by atoms with Gasteiger partial charge < -0.3 is 5.32 Å². The van der Waals surface area contributed by atoms with Gasteiger partial charge >= 0.3 is 0 Å². The summed E-state index contributed by atoms with van der Waals surface area (Å²) in [5.74, 6) is 0.722. The maximum atomic E-state index is 13.9. The van der Waals surface area contributed by atoms with Crippen LogP contribution in [-0.2, 0) is 23.1 Å². The van der Waals surface area contributed by atoms with E-state index in [1.807, 2.05) is 47.8 Å². The molecular weight excluding hydrogens is 482 g/mol. The minimum Gasteiger partial charge on any atom is -0.310 e. The first-order valence-electron chi connectivity index (χ1n) is 11.9. The van der Waals surface area contributed by atoms with E-state index in [0.29, 0.717) is 22.5 Å². The van der Waals surface area contributed by atoms with E-state index in [2.05, 4.69) is 10.3 Å². The number of aryl methyl sites for hydroxylation is 1. The highest BCUT2D eigenvalue weighted by molar-refractivity contribution is 7.13. The van der Waals surface area contributed by atoms with E-state index in [1.165, 1.54) is 0 Å². The summed E-state index contributed by atoms with van der Waals surface area (Å²) in [4.78, 5) is 35.2. The van der Waals surface area contributed by atoms with Crippen LogP contribution in [0.25, 0.3) is 16.5 Å². The summed E-state index contributed by atoms with van der Waals surface area (Å²) in [7, 11) is 0. The van der Waals surface area contributed by atoms with Gasteiger partial charge in [0.1, 0.15) is 11.5 Å². The molecule has 2 N–H and O–H groups in total. The van der Waals surface area contributed by atoms with Crippen molar-refractivity contribution < 1.29 is 4.79 Å². The largest absolute Gasteiger partial charge is 0.310 e. The van der Waals surface area contributed by atoms with Crippen LogP contribution in [0.2, 0.25) is 5.02 Å². The molecule has 0 unspecified atom stereocenters. The highest BCUT2D eigenvalue weighted by Crippen LogP contribution is 2.42. The van der Waals surface area contributed by atoms with Crippen molar-refractivity contribution in [3.05, 3.63) is 80.0 Å². The van der Waals surface area contributed by atoms with Gasteiger partial charge in [0.2, 0.25) is 11.9 Å². The molecule has 0 saturated heterocycles. The number of fused-ring (bicyclic) bond motifs is 1. The molecule has 9 heteroatoms. The van der Waals surface area contributed by atoms with Crippen molar-refractivity contribution in [1.82, 2.24) is 19.7 Å². The lowest BCUT2D eigenvalue weighted by Gasteiger charge is -2.28. The fourth-order valence-corrected chi connectivity index (χ4v) is 6.14. The van der Waals surface area contributed by atoms with E-state index in [1.54, 1.807) is 16.0 Å². The topological polar surface area (TPSA) is 92.7 Å². The highest BCUT2D eigenvalue weighted by Gasteiger charge is 2.43. The Labute approximate surface area is 211 Å². The van der Waals surface area contributed by atoms with Gasteiger partial charge in [-0.05, 0) is 61.2 Å². The molecule has 3 heterocycles. The van der Waals surface area contributed by atoms with Crippen molar-refractivity contribution in [2.75, 3.05) is 5.32 Å². The van der Waals surface area contributed by atoms with Crippen LogP contribution >= 0.6 is 22.9 Å². The first-order chi connectivity index (χ1) is 17.0. The number of benzene rings is 1. The maximum Gasteiger partial charge on any atom is 0.255 e. The molecule has 1 amide bonds. The zero-order valence-corrected chi connectivity index (χ0v) is 20.6. The number of carbonyl (C=O) groups is 1. The van der Waals surface area contributed by atoms with E-state index in [-0.39, 0.29) is 11.5 Å². The average molecular weight is 506 g/mol. The fourth-order valence-electron chi connectivity index (χ4n) is 5.34. The normalized spacial score (nSPS) is 16.4. The summed E-state index contributed by atoms with van der Waals surface area (Å²) in [5, 5.41) is 10.5. The van der Waals surface area contributed by atoms with Gasteiger partial charge in [-0.15, -0.1) is 11.3 Å². The van der Waals surface area contributed by atoms with Gasteiger partial charge in [0, 0.05) is 16.7 Å². The number of nitrogens with one attached hydrogen (secondary N) is 2. The molecule has 0 aliphatic heterocycles. The molecule has 0 bridgehead atoms. The van der Waals surface area contributed by atoms with Crippen LogP contribution in [0.5, 0.6) is 0 Å². The van der Waals surface area contributed by atoms with Gasteiger partial charge in [-0.1, -0.05) is 42.6 Å². The SMILES string of the molecule is O=C(Nc1cc(-c2cccs2)nn1-c1nc2c(c(=O)[nH]1)CCC2)C1(c2ccc(Cl)cc2)CCCC1. The van der Waals surface area contributed by atoms with Crippen LogP contribution in [0.15, 0.2) is 52.6 Å². The quantitative estimate of drug-likeness (QED) is 0.386. The average Bonchev–Trinajstić information content (AvgIpc) is 3.66. The number of hydrogen-bond donors (Lipinski definition) is 2. The zero-order chi connectivity index (χ0) is 24.0. The van der Waals surface area contributed by atoms with Crippen LogP contribution in [0.3, 0.4) is 0 Å². The molecule has 6 rings (SSSR count). The molecule has 0 radical (unpaired) electrons. The van der Waals surface area contributed by atoms with Gasteiger partial charge in [0.15, 0.2) is 0 Å². The first-order valence-corrected chi connectivity index (χ1v) is 13.1. The Hall–Kier alpha value is -3.23. The second-order valence-electron chi connectivity index (χ2n) is 9.22. The highest BCUT2D eigenvalue weighted by atomic mass is 35.5. The smallest absolute Gasteiger partial charge is 0.255 e. The number of anilines is 1. The third-order valence-corrected chi connectivity index (χ3v) is 8.29. The van der Waals surface area contributed by atoms with Crippen molar-refractivity contribution in [2.45, 2.75) is 50.4 Å². The molecule has 7 nitrogen and oxygen atoms in total. The Morgan fingerprint density at radius 1 is 1.11 bits per heavy atom. The number of aromatic amines is 1. The Bertz CT molecular complexity index is 1450. The molecule has 2 aliphatic carbocycles. The number of thiophene rings is 1. The van der Waals surface area contributed by atoms with Crippen LogP contribution in [0.1, 0.15) is 48.9 Å². The van der Waals surface area contributed by atoms with E-state index < -0.39 is 5.41 Å². The molecule has 3 aromatic heterocycles. The van der Waals surface area contributed by atoms with Crippen molar-refractivity contribution >= 4 is 34.7 Å². The number of carbonyl (C=O) groups excluding carboxylic acids is 1. The lowest BCUT2D eigenvalue weighted by atomic mass is 9.78. The number of amides is 1. The van der Waals surface area contributed by atoms with Crippen molar-refractivity contribution in [1.29, 1.82) is 0 Å². The van der Waals surface area contributed by atoms with Gasteiger partial charge in [-0.2, -0.15) is 9.78 Å². The zero-order valence-electron chi connectivity index (χ0n) is 19.0. The standard InChI is InChI=1S/C26H24ClN5O2S/c27-17-10-8-16(9-11-17)26(12-1-2-13-26)24(34)29-22-15-20(21-7-4-14-35-21)31-32(22)25-28-19-6-3-5-18(19)23(33)30-25/h4,7-11,14-15H,1-3,5-6,12-13H2,(H,29,34)(H,28,30,33). The van der Waals surface area contributed by atoms with E-state index in [0.717, 1.165) is 66.6 Å². The Morgan fingerprint density at radius 2 is 1.91 bits per heavy atom. The van der Waals surface area contributed by atoms with Crippen LogP contribution < -0.4 is 10.9 Å². The number of aromatic nitrogens is 4. The summed E-state index contributed by atoms with van der Waals surface area (Å²) in [5.41, 5.74) is 2.46. The number of H-pyrrole nitrogens is 1. The number of nitrogens with zero attached hydrogens (tertiary/aromatic N) is 3. The van der Waals surface area contributed by atoms with E-state index in [9.17, 15) is 9.59 Å². The second kappa shape index (κ2) is 8.77. The molecule has 0 atom stereocenters. The number of halogens is 1. The Balaban J connectivity index is 1.42. The molecule has 35 heavy (non-hydrogen) atoms. The molecular formula is C26H24ClN5O2S. The minimum absolute atomic E-state index is 0.0836. The lowest BCUT2D eigenvalue weighted by Crippen LogP contribution is -2.38. The molecule has 0 spiro atoms. The van der Waals surface area contributed by atoms with Crippen molar-refractivity contribution in [2.24, 2.45) is 0 Å². The van der Waals surface area contributed by atoms with Gasteiger partial charge in [-0.3, -0.25) is 14.6 Å². The Kier molecular flexibility index (Phi) is 5.57. The minimum atomic E-state index is -0.637. The molecule has 2 aliphatic rings. The van der Waals surface area contributed by atoms with E-state index >= 15 is 0 Å². The first kappa shape index (κ1) is 22.2. The van der Waals surface area contributed by atoms with E-state index in [4.69, 9.17) is 21.7 Å². The summed E-state index contributed by atoms with van der Waals surface area (Å²) in [6.45, 7) is 0. The molecule has 1 aromatic carbocycles. The number of rotatable bonds is 5. The van der Waals surface area contributed by atoms with Crippen LogP contribution in [-0.4, -0.2) is 25.7 Å². The van der Waals surface area contributed by atoms with Crippen molar-refractivity contribution in [3.63, 3.8) is 0 Å². The third-order valence-electron chi connectivity index (χ3n) is 7.14. The summed E-state index contributed by atoms with van der Waals surface area (Å²) in [6, 6.07) is 13.4. The van der Waals surface area contributed by atoms with Crippen LogP contribution in [0, 0.1) is 0 Å². The van der Waals surface area contributed by atoms with Gasteiger partial charge in [0.05, 0.1) is 16.0 Å². The summed E-state index contributed by atoms with van der Waals surface area (Å²) < 4.78 is 1.55. The fraction of sp³-hybridized carbons (Fsp3) is 0.308. The lowest BCUT2D eigenvalue weighted by molar-refractivity contribution is -0.121. The summed E-state index contributed by atoms with van der Waals surface area (Å²) in [6.07, 6.45) is 5.92. The Morgan fingerprint density at radius 3 is 2.66 bits per heavy atom. The molecule has 4 aromatic rings. The van der Waals surface area contributed by atoms with Gasteiger partial charge in [-0.25, -0.2) is 4.98 Å². The van der Waals surface area contributed by atoms with Crippen molar-refractivity contribution in [3.8, 4) is 16.5 Å². The van der Waals surface area contributed by atoms with Gasteiger partial charge in [0.25, 0.3) is 5.56 Å². The number of hydrogen-bond acceptors (Lipinski definition) is 5. The second-order valence-corrected chi connectivity index (χ2v) is 10.6. The predicted octanol–water partition coefficient (Wildman–Crippen LogP) is 5.28. The molecule has 1 fully saturated rings.